The van der Waals surface area contributed by atoms with Gasteiger partial charge in [0, 0.05) is 13.0 Å². The smallest absolute Gasteiger partial charge is 0.233 e. The summed E-state index contributed by atoms with van der Waals surface area (Å²) in [6.07, 6.45) is 2.95. The lowest BCUT2D eigenvalue weighted by molar-refractivity contribution is -0.140. The molecular weight excluding hydrogens is 194 g/mol. The Bertz CT molecular complexity index is 302. The Labute approximate surface area is 88.6 Å². The summed E-state index contributed by atoms with van der Waals surface area (Å²) in [5, 5.41) is 0. The first-order chi connectivity index (χ1) is 7.11. The second-order valence-corrected chi connectivity index (χ2v) is 4.42. The van der Waals surface area contributed by atoms with E-state index >= 15 is 0 Å². The van der Waals surface area contributed by atoms with Gasteiger partial charge < -0.3 is 0 Å². The van der Waals surface area contributed by atoms with Gasteiger partial charge in [-0.2, -0.15) is 0 Å². The molecule has 0 N–H and O–H groups in total. The van der Waals surface area contributed by atoms with E-state index in [2.05, 4.69) is 0 Å². The lowest BCUT2D eigenvalue weighted by Crippen LogP contribution is -2.33. The zero-order chi connectivity index (χ0) is 11.0. The fourth-order valence-electron chi connectivity index (χ4n) is 2.55. The van der Waals surface area contributed by atoms with Gasteiger partial charge in [-0.05, 0) is 19.8 Å². The molecule has 2 unspecified atom stereocenters. The number of imide groups is 1. The first kappa shape index (κ1) is 10.3. The third-order valence-electron chi connectivity index (χ3n) is 3.37. The van der Waals surface area contributed by atoms with Gasteiger partial charge in [0.15, 0.2) is 0 Å². The molecule has 1 heterocycles. The molecule has 2 fully saturated rings. The maximum absolute atomic E-state index is 11.8. The second-order valence-electron chi connectivity index (χ2n) is 4.42. The van der Waals surface area contributed by atoms with Crippen LogP contribution in [0.2, 0.25) is 0 Å². The Hall–Kier alpha value is -1.19. The molecular formula is C11H15NO3. The highest BCUT2D eigenvalue weighted by Gasteiger charge is 2.49. The normalized spacial score (nSPS) is 29.8. The second kappa shape index (κ2) is 3.76. The molecule has 4 heteroatoms. The standard InChI is InChI=1S/C11H15NO3/c1-7(13)5-6-12-10(14)8-3-2-4-9(8)11(12)15/h8-9H,2-6H2,1H3. The number of Topliss-reactive ketones (excluding diaryl/α,β-unsaturated/α-hetero) is 1. The fraction of sp³-hybridized carbons (Fsp3) is 0.727. The zero-order valence-electron chi connectivity index (χ0n) is 8.86. The molecule has 1 aliphatic heterocycles. The minimum Gasteiger partial charge on any atom is -0.300 e. The number of fused-ring (bicyclic) bond motifs is 1. The maximum atomic E-state index is 11.8. The van der Waals surface area contributed by atoms with Crippen molar-refractivity contribution >= 4 is 17.6 Å². The van der Waals surface area contributed by atoms with Crippen molar-refractivity contribution < 1.29 is 14.4 Å². The van der Waals surface area contributed by atoms with E-state index in [1.165, 1.54) is 11.8 Å². The molecule has 0 radical (unpaired) electrons. The van der Waals surface area contributed by atoms with Crippen LogP contribution in [0.1, 0.15) is 32.6 Å². The Morgan fingerprint density at radius 3 is 2.27 bits per heavy atom. The molecule has 15 heavy (non-hydrogen) atoms. The Balaban J connectivity index is 2.04. The summed E-state index contributed by atoms with van der Waals surface area (Å²) in [6.45, 7) is 1.76. The molecule has 1 aliphatic carbocycles. The summed E-state index contributed by atoms with van der Waals surface area (Å²) in [7, 11) is 0. The summed E-state index contributed by atoms with van der Waals surface area (Å²) in [5.74, 6) is -0.242. The van der Waals surface area contributed by atoms with Crippen LogP contribution in [0, 0.1) is 11.8 Å². The molecule has 82 valence electrons. The van der Waals surface area contributed by atoms with Crippen molar-refractivity contribution in [3.63, 3.8) is 0 Å². The van der Waals surface area contributed by atoms with Crippen LogP contribution in [0.5, 0.6) is 0 Å². The quantitative estimate of drug-likeness (QED) is 0.644. The lowest BCUT2D eigenvalue weighted by atomic mass is 10.00. The Morgan fingerprint density at radius 2 is 1.80 bits per heavy atom. The zero-order valence-corrected chi connectivity index (χ0v) is 8.86. The number of ketones is 1. The Morgan fingerprint density at radius 1 is 1.27 bits per heavy atom. The van der Waals surface area contributed by atoms with Gasteiger partial charge in [0.1, 0.15) is 5.78 Å². The predicted molar refractivity (Wildman–Crippen MR) is 52.8 cm³/mol. The van der Waals surface area contributed by atoms with Gasteiger partial charge in [-0.1, -0.05) is 6.42 Å². The van der Waals surface area contributed by atoms with Crippen LogP contribution >= 0.6 is 0 Å². The average molecular weight is 209 g/mol. The predicted octanol–water partition coefficient (Wildman–Crippen LogP) is 0.751. The van der Waals surface area contributed by atoms with Gasteiger partial charge in [-0.3, -0.25) is 19.3 Å². The Kier molecular flexibility index (Phi) is 2.59. The van der Waals surface area contributed by atoms with E-state index in [1.54, 1.807) is 0 Å². The van der Waals surface area contributed by atoms with E-state index in [0.717, 1.165) is 19.3 Å². The van der Waals surface area contributed by atoms with Crippen LogP contribution in [-0.2, 0) is 14.4 Å². The largest absolute Gasteiger partial charge is 0.300 e. The van der Waals surface area contributed by atoms with Gasteiger partial charge in [0.05, 0.1) is 11.8 Å². The van der Waals surface area contributed by atoms with Crippen LogP contribution in [0.4, 0.5) is 0 Å². The number of nitrogens with zero attached hydrogens (tertiary/aromatic N) is 1. The van der Waals surface area contributed by atoms with Gasteiger partial charge in [0.25, 0.3) is 0 Å². The van der Waals surface area contributed by atoms with E-state index in [0.29, 0.717) is 0 Å². The molecule has 0 aromatic carbocycles. The van der Waals surface area contributed by atoms with E-state index in [-0.39, 0.29) is 42.4 Å². The number of carbonyl (C=O) groups excluding carboxylic acids is 3. The molecule has 2 rings (SSSR count). The molecule has 4 nitrogen and oxygen atoms in total. The van der Waals surface area contributed by atoms with Gasteiger partial charge >= 0.3 is 0 Å². The van der Waals surface area contributed by atoms with Crippen LogP contribution in [0.3, 0.4) is 0 Å². The molecule has 2 atom stereocenters. The highest BCUT2D eigenvalue weighted by atomic mass is 16.2. The van der Waals surface area contributed by atoms with Crippen LogP contribution in [0.15, 0.2) is 0 Å². The molecule has 0 aromatic rings. The van der Waals surface area contributed by atoms with Crippen molar-refractivity contribution in [3.05, 3.63) is 0 Å². The van der Waals surface area contributed by atoms with Crippen molar-refractivity contribution in [1.82, 2.24) is 4.90 Å². The molecule has 2 amide bonds. The minimum absolute atomic E-state index is 0.0210. The third-order valence-corrected chi connectivity index (χ3v) is 3.37. The highest BCUT2D eigenvalue weighted by molar-refractivity contribution is 6.05. The minimum atomic E-state index is -0.0792. The van der Waals surface area contributed by atoms with Gasteiger partial charge in [0.2, 0.25) is 11.8 Å². The summed E-state index contributed by atoms with van der Waals surface area (Å²) >= 11 is 0. The van der Waals surface area contributed by atoms with Crippen molar-refractivity contribution in [1.29, 1.82) is 0 Å². The SMILES string of the molecule is CC(=O)CCN1C(=O)C2CCCC2C1=O. The van der Waals surface area contributed by atoms with E-state index in [4.69, 9.17) is 0 Å². The number of rotatable bonds is 3. The van der Waals surface area contributed by atoms with E-state index in [9.17, 15) is 14.4 Å². The third kappa shape index (κ3) is 1.68. The number of amides is 2. The van der Waals surface area contributed by atoms with E-state index in [1.807, 2.05) is 0 Å². The fourth-order valence-corrected chi connectivity index (χ4v) is 2.55. The topological polar surface area (TPSA) is 54.5 Å². The van der Waals surface area contributed by atoms with Crippen LogP contribution in [-0.4, -0.2) is 29.0 Å². The molecule has 1 saturated carbocycles. The van der Waals surface area contributed by atoms with Crippen molar-refractivity contribution in [2.75, 3.05) is 6.54 Å². The molecule has 1 saturated heterocycles. The number of hydrogen-bond acceptors (Lipinski definition) is 3. The molecule has 0 bridgehead atoms. The summed E-state index contributed by atoms with van der Waals surface area (Å²) in [5.41, 5.74) is 0. The monoisotopic (exact) mass is 209 g/mol. The summed E-state index contributed by atoms with van der Waals surface area (Å²) in [6, 6.07) is 0. The number of carbonyl (C=O) groups is 3. The molecule has 2 aliphatic rings. The summed E-state index contributed by atoms with van der Waals surface area (Å²) < 4.78 is 0. The highest BCUT2D eigenvalue weighted by Crippen LogP contribution is 2.39. The summed E-state index contributed by atoms with van der Waals surface area (Å²) in [4.78, 5) is 35.7. The maximum Gasteiger partial charge on any atom is 0.233 e. The number of hydrogen-bond donors (Lipinski definition) is 0. The van der Waals surface area contributed by atoms with Gasteiger partial charge in [-0.25, -0.2) is 0 Å². The molecule has 0 aromatic heterocycles. The van der Waals surface area contributed by atoms with Crippen molar-refractivity contribution in [2.24, 2.45) is 11.8 Å². The lowest BCUT2D eigenvalue weighted by Gasteiger charge is -2.14. The van der Waals surface area contributed by atoms with Crippen molar-refractivity contribution in [2.45, 2.75) is 32.6 Å². The molecule has 0 spiro atoms. The van der Waals surface area contributed by atoms with E-state index < -0.39 is 0 Å². The first-order valence-electron chi connectivity index (χ1n) is 5.46. The van der Waals surface area contributed by atoms with Crippen LogP contribution in [0.25, 0.3) is 0 Å². The van der Waals surface area contributed by atoms with Gasteiger partial charge in [-0.15, -0.1) is 0 Å². The number of likely N-dealkylation sites (tertiary alicyclic amines) is 1. The average Bonchev–Trinajstić information content (AvgIpc) is 2.71. The first-order valence-corrected chi connectivity index (χ1v) is 5.46. The van der Waals surface area contributed by atoms with Crippen molar-refractivity contribution in [3.8, 4) is 0 Å². The van der Waals surface area contributed by atoms with Crippen LogP contribution < -0.4 is 0 Å².